The predicted molar refractivity (Wildman–Crippen MR) is 73.4 cm³/mol. The number of aromatic nitrogens is 3. The zero-order chi connectivity index (χ0) is 13.7. The fraction of sp³-hybridized carbons (Fsp3) is 0.417. The summed E-state index contributed by atoms with van der Waals surface area (Å²) in [6.45, 7) is 4.86. The number of thiazole rings is 1. The van der Waals surface area contributed by atoms with E-state index in [9.17, 15) is 4.79 Å². The van der Waals surface area contributed by atoms with E-state index in [1.807, 2.05) is 23.9 Å². The fourth-order valence-electron chi connectivity index (χ4n) is 1.65. The molecule has 2 aromatic heterocycles. The lowest BCUT2D eigenvalue weighted by atomic mass is 10.3. The maximum atomic E-state index is 11.7. The number of hydrogen-bond acceptors (Lipinski definition) is 6. The number of esters is 1. The molecule has 0 saturated heterocycles. The van der Waals surface area contributed by atoms with Gasteiger partial charge in [-0.3, -0.25) is 4.68 Å². The summed E-state index contributed by atoms with van der Waals surface area (Å²) < 4.78 is 6.80. The Bertz CT molecular complexity index is 524. The largest absolute Gasteiger partial charge is 0.461 e. The highest BCUT2D eigenvalue weighted by molar-refractivity contribution is 7.14. The van der Waals surface area contributed by atoms with Crippen molar-refractivity contribution in [1.82, 2.24) is 14.8 Å². The Morgan fingerprint density at radius 2 is 2.47 bits per heavy atom. The number of ether oxygens (including phenoxy) is 1. The van der Waals surface area contributed by atoms with Gasteiger partial charge >= 0.3 is 5.97 Å². The van der Waals surface area contributed by atoms with Crippen molar-refractivity contribution in [2.24, 2.45) is 0 Å². The van der Waals surface area contributed by atoms with Crippen LogP contribution in [0.3, 0.4) is 0 Å². The lowest BCUT2D eigenvalue weighted by molar-refractivity contribution is 0.0521. The topological polar surface area (TPSA) is 69.0 Å². The van der Waals surface area contributed by atoms with E-state index in [1.54, 1.807) is 18.6 Å². The van der Waals surface area contributed by atoms with Gasteiger partial charge in [-0.15, -0.1) is 11.3 Å². The van der Waals surface area contributed by atoms with Crippen LogP contribution in [0.2, 0.25) is 0 Å². The second-order valence-corrected chi connectivity index (χ2v) is 4.88. The molecule has 0 aliphatic carbocycles. The Morgan fingerprint density at radius 1 is 1.63 bits per heavy atom. The maximum absolute atomic E-state index is 11.7. The summed E-state index contributed by atoms with van der Waals surface area (Å²) in [4.78, 5) is 15.7. The summed E-state index contributed by atoms with van der Waals surface area (Å²) in [6, 6.07) is 2.01. The van der Waals surface area contributed by atoms with Gasteiger partial charge in [-0.2, -0.15) is 5.10 Å². The molecule has 7 heteroatoms. The zero-order valence-electron chi connectivity index (χ0n) is 10.9. The number of carbonyl (C=O) groups excluding carboxylic acids is 1. The Kier molecular flexibility index (Phi) is 4.51. The quantitative estimate of drug-likeness (QED) is 0.820. The van der Waals surface area contributed by atoms with Crippen LogP contribution in [0, 0.1) is 0 Å². The van der Waals surface area contributed by atoms with E-state index in [-0.39, 0.29) is 6.04 Å². The van der Waals surface area contributed by atoms with Gasteiger partial charge in [0.1, 0.15) is 5.00 Å². The van der Waals surface area contributed by atoms with E-state index >= 15 is 0 Å². The number of nitrogens with zero attached hydrogens (tertiary/aromatic N) is 3. The Morgan fingerprint density at radius 3 is 3.16 bits per heavy atom. The Hall–Kier alpha value is -1.89. The van der Waals surface area contributed by atoms with Gasteiger partial charge in [0.05, 0.1) is 18.7 Å². The summed E-state index contributed by atoms with van der Waals surface area (Å²) in [6.07, 6.45) is 3.64. The van der Waals surface area contributed by atoms with Crippen LogP contribution in [0.5, 0.6) is 0 Å². The highest BCUT2D eigenvalue weighted by Crippen LogP contribution is 2.22. The van der Waals surface area contributed by atoms with Crippen LogP contribution in [-0.4, -0.2) is 33.4 Å². The van der Waals surface area contributed by atoms with Crippen LogP contribution in [0.25, 0.3) is 0 Å². The molecular weight excluding hydrogens is 264 g/mol. The first-order valence-corrected chi connectivity index (χ1v) is 6.93. The first-order valence-electron chi connectivity index (χ1n) is 6.05. The Balaban J connectivity index is 1.99. The molecule has 1 N–H and O–H groups in total. The molecule has 0 aromatic carbocycles. The van der Waals surface area contributed by atoms with Gasteiger partial charge in [0.15, 0.2) is 5.69 Å². The first-order chi connectivity index (χ1) is 9.20. The average molecular weight is 280 g/mol. The van der Waals surface area contributed by atoms with E-state index in [2.05, 4.69) is 15.4 Å². The van der Waals surface area contributed by atoms with E-state index in [4.69, 9.17) is 4.74 Å². The first kappa shape index (κ1) is 13.5. The van der Waals surface area contributed by atoms with Gasteiger partial charge < -0.3 is 10.1 Å². The smallest absolute Gasteiger partial charge is 0.360 e. The third-order valence-corrected chi connectivity index (χ3v) is 3.19. The highest BCUT2D eigenvalue weighted by Gasteiger charge is 2.17. The Labute approximate surface area is 115 Å². The van der Waals surface area contributed by atoms with Crippen LogP contribution in [-0.2, 0) is 11.3 Å². The fourth-order valence-corrected chi connectivity index (χ4v) is 2.43. The molecule has 0 fully saturated rings. The minimum atomic E-state index is -0.391. The molecule has 0 aliphatic rings. The molecule has 0 aliphatic heterocycles. The maximum Gasteiger partial charge on any atom is 0.360 e. The number of hydrogen-bond donors (Lipinski definition) is 1. The summed E-state index contributed by atoms with van der Waals surface area (Å²) in [5.41, 5.74) is 1.98. The van der Waals surface area contributed by atoms with Crippen LogP contribution >= 0.6 is 11.3 Å². The van der Waals surface area contributed by atoms with Crippen molar-refractivity contribution < 1.29 is 9.53 Å². The predicted octanol–water partition coefficient (Wildman–Crippen LogP) is 2.02. The third kappa shape index (κ3) is 3.54. The van der Waals surface area contributed by atoms with Gasteiger partial charge in [-0.25, -0.2) is 9.78 Å². The minimum absolute atomic E-state index is 0.133. The van der Waals surface area contributed by atoms with Crippen LogP contribution in [0.1, 0.15) is 24.3 Å². The molecule has 2 heterocycles. The molecule has 1 atom stereocenters. The van der Waals surface area contributed by atoms with Gasteiger partial charge in [0, 0.05) is 18.4 Å². The van der Waals surface area contributed by atoms with Crippen molar-refractivity contribution in [3.05, 3.63) is 29.7 Å². The molecule has 0 amide bonds. The lowest BCUT2D eigenvalue weighted by Gasteiger charge is -2.14. The lowest BCUT2D eigenvalue weighted by Crippen LogP contribution is -2.23. The van der Waals surface area contributed by atoms with E-state index < -0.39 is 5.97 Å². The molecule has 0 saturated carbocycles. The normalized spacial score (nSPS) is 12.1. The van der Waals surface area contributed by atoms with E-state index in [0.717, 1.165) is 5.00 Å². The number of rotatable bonds is 6. The molecule has 0 radical (unpaired) electrons. The van der Waals surface area contributed by atoms with Crippen molar-refractivity contribution in [2.75, 3.05) is 11.9 Å². The summed E-state index contributed by atoms with van der Waals surface area (Å²) in [5, 5.41) is 8.14. The van der Waals surface area contributed by atoms with E-state index in [1.165, 1.54) is 11.3 Å². The van der Waals surface area contributed by atoms with Crippen molar-refractivity contribution in [2.45, 2.75) is 26.4 Å². The van der Waals surface area contributed by atoms with Gasteiger partial charge in [0.2, 0.25) is 0 Å². The molecular formula is C12H16N4O2S. The third-order valence-electron chi connectivity index (χ3n) is 2.43. The van der Waals surface area contributed by atoms with E-state index in [0.29, 0.717) is 18.8 Å². The minimum Gasteiger partial charge on any atom is -0.461 e. The highest BCUT2D eigenvalue weighted by atomic mass is 32.1. The van der Waals surface area contributed by atoms with Crippen molar-refractivity contribution in [3.8, 4) is 0 Å². The zero-order valence-corrected chi connectivity index (χ0v) is 11.7. The number of nitrogens with one attached hydrogen (secondary N) is 1. The summed E-state index contributed by atoms with van der Waals surface area (Å²) >= 11 is 1.39. The van der Waals surface area contributed by atoms with Gasteiger partial charge in [-0.1, -0.05) is 0 Å². The molecule has 19 heavy (non-hydrogen) atoms. The second-order valence-electron chi connectivity index (χ2n) is 4.02. The molecule has 1 unspecified atom stereocenters. The van der Waals surface area contributed by atoms with Crippen molar-refractivity contribution in [3.63, 3.8) is 0 Å². The summed E-state index contributed by atoms with van der Waals surface area (Å²) in [5.74, 6) is -0.391. The molecule has 2 aromatic rings. The number of anilines is 1. The van der Waals surface area contributed by atoms with Crippen LogP contribution in [0.4, 0.5) is 5.00 Å². The van der Waals surface area contributed by atoms with Crippen LogP contribution in [0.15, 0.2) is 24.0 Å². The standard InChI is InChI=1S/C12H16N4O2S/c1-3-18-12(17)10-11(19-8-13-10)15-9(2)7-16-6-4-5-14-16/h4-6,8-9,15H,3,7H2,1-2H3. The monoisotopic (exact) mass is 280 g/mol. The molecule has 6 nitrogen and oxygen atoms in total. The van der Waals surface area contributed by atoms with Gasteiger partial charge in [0.25, 0.3) is 0 Å². The van der Waals surface area contributed by atoms with Crippen LogP contribution < -0.4 is 5.32 Å². The molecule has 0 bridgehead atoms. The molecule has 0 spiro atoms. The summed E-state index contributed by atoms with van der Waals surface area (Å²) in [7, 11) is 0. The van der Waals surface area contributed by atoms with Gasteiger partial charge in [-0.05, 0) is 19.9 Å². The van der Waals surface area contributed by atoms with Crippen molar-refractivity contribution >= 4 is 22.3 Å². The second kappa shape index (κ2) is 6.33. The molecule has 2 rings (SSSR count). The average Bonchev–Trinajstić information content (AvgIpc) is 3.00. The number of carbonyl (C=O) groups is 1. The van der Waals surface area contributed by atoms with Crippen molar-refractivity contribution in [1.29, 1.82) is 0 Å². The SMILES string of the molecule is CCOC(=O)c1ncsc1NC(C)Cn1cccn1. The molecule has 102 valence electrons.